The number of hydrogen-bond acceptors (Lipinski definition) is 19. The van der Waals surface area contributed by atoms with Gasteiger partial charge in [0, 0.05) is 37.0 Å². The molecule has 302 valence electrons. The van der Waals surface area contributed by atoms with Gasteiger partial charge in [-0.1, -0.05) is 20.8 Å². The number of aliphatic carboxylic acids is 3. The molecular weight excluding hydrogens is 712 g/mol. The Morgan fingerprint density at radius 3 is 1.27 bits per heavy atom. The van der Waals surface area contributed by atoms with E-state index in [0.29, 0.717) is 0 Å². The van der Waals surface area contributed by atoms with Crippen molar-refractivity contribution in [3.05, 3.63) is 0 Å². The molecule has 0 bridgehead atoms. The van der Waals surface area contributed by atoms with Gasteiger partial charge in [-0.2, -0.15) is 0 Å². The predicted octanol–water partition coefficient (Wildman–Crippen LogP) is -6.13. The Morgan fingerprint density at radius 1 is 0.596 bits per heavy atom. The van der Waals surface area contributed by atoms with Crippen LogP contribution in [-0.4, -0.2) is 200 Å². The van der Waals surface area contributed by atoms with Crippen molar-refractivity contribution < 1.29 is 110 Å². The third-order valence-corrected chi connectivity index (χ3v) is 10.2. The fraction of sp³-hybridized carbons (Fsp3) is 0.900. The zero-order chi connectivity index (χ0) is 39.7. The highest BCUT2D eigenvalue weighted by atomic mass is 16.8. The predicted molar refractivity (Wildman–Crippen MR) is 162 cm³/mol. The van der Waals surface area contributed by atoms with E-state index in [4.69, 9.17) is 23.7 Å². The summed E-state index contributed by atoms with van der Waals surface area (Å²) in [6.45, 7) is 0.465. The van der Waals surface area contributed by atoms with E-state index in [1.165, 1.54) is 20.8 Å². The summed E-state index contributed by atoms with van der Waals surface area (Å²) in [6.07, 6.45) is -25.3. The lowest BCUT2D eigenvalue weighted by Gasteiger charge is -2.49. The van der Waals surface area contributed by atoms with E-state index in [1.54, 1.807) is 0 Å². The average Bonchev–Trinajstić information content (AvgIpc) is 3.09. The summed E-state index contributed by atoms with van der Waals surface area (Å²) in [6, 6.07) is 0. The van der Waals surface area contributed by atoms with Crippen molar-refractivity contribution in [2.75, 3.05) is 19.8 Å². The molecule has 0 radical (unpaired) electrons. The van der Waals surface area contributed by atoms with Crippen molar-refractivity contribution in [1.82, 2.24) is 0 Å². The van der Waals surface area contributed by atoms with Gasteiger partial charge < -0.3 is 95.2 Å². The van der Waals surface area contributed by atoms with Crippen LogP contribution in [0.4, 0.5) is 0 Å². The van der Waals surface area contributed by atoms with Crippen LogP contribution in [0, 0.1) is 17.8 Å². The summed E-state index contributed by atoms with van der Waals surface area (Å²) >= 11 is 0. The third-order valence-electron chi connectivity index (χ3n) is 10.2. The van der Waals surface area contributed by atoms with E-state index >= 15 is 0 Å². The standard InChI is InChI=1S/C30H50O22/c1-10-13(34)4-28(47,25(41)42)50-23(10)20(39)17(8-32)48-30(27(45)46)6-15(36)12(3)24(52-30)21(40)18(9-33)49-29(26(43)44)5-14(35)11(2)22(51-29)19(38)16(37)7-31/h10-24,31-40,47H,4-9H2,1-3H3,(H,41,42)(H,43,44)(H,45,46)/t10-,11-,12-,13-,14-,15-,16-,17?,18-,19?,20?,21?,22?,23?,24?,28-,29-,30-/m1/s1. The second-order valence-corrected chi connectivity index (χ2v) is 13.7. The number of aliphatic hydroxyl groups is 11. The fourth-order valence-corrected chi connectivity index (χ4v) is 6.66. The maximum atomic E-state index is 12.7. The molecule has 7 unspecified atom stereocenters. The normalized spacial score (nSPS) is 42.0. The Bertz CT molecular complexity index is 1240. The Balaban J connectivity index is 1.94. The summed E-state index contributed by atoms with van der Waals surface area (Å²) in [7, 11) is 0. The molecule has 0 aromatic heterocycles. The Kier molecular flexibility index (Phi) is 14.5. The van der Waals surface area contributed by atoms with Crippen molar-refractivity contribution in [1.29, 1.82) is 0 Å². The second-order valence-electron chi connectivity index (χ2n) is 13.7. The number of carbonyl (C=O) groups is 3. The van der Waals surface area contributed by atoms with Crippen molar-refractivity contribution in [3.63, 3.8) is 0 Å². The minimum Gasteiger partial charge on any atom is -0.477 e. The van der Waals surface area contributed by atoms with E-state index < -0.39 is 165 Å². The highest BCUT2D eigenvalue weighted by Gasteiger charge is 2.60. The molecule has 0 aromatic carbocycles. The maximum absolute atomic E-state index is 12.7. The van der Waals surface area contributed by atoms with E-state index in [2.05, 4.69) is 0 Å². The highest BCUT2D eigenvalue weighted by molar-refractivity contribution is 5.77. The van der Waals surface area contributed by atoms with Crippen LogP contribution in [0.25, 0.3) is 0 Å². The maximum Gasteiger partial charge on any atom is 0.364 e. The average molecular weight is 763 g/mol. The highest BCUT2D eigenvalue weighted by Crippen LogP contribution is 2.42. The summed E-state index contributed by atoms with van der Waals surface area (Å²) < 4.78 is 27.4. The van der Waals surface area contributed by atoms with Crippen molar-refractivity contribution in [3.8, 4) is 0 Å². The fourth-order valence-electron chi connectivity index (χ4n) is 6.66. The molecule has 22 heteroatoms. The first-order valence-electron chi connectivity index (χ1n) is 16.5. The monoisotopic (exact) mass is 762 g/mol. The Morgan fingerprint density at radius 2 is 0.942 bits per heavy atom. The van der Waals surface area contributed by atoms with Crippen LogP contribution >= 0.6 is 0 Å². The minimum absolute atomic E-state index is 0.810. The molecule has 18 atom stereocenters. The molecule has 22 nitrogen and oxygen atoms in total. The molecule has 3 aliphatic heterocycles. The number of ether oxygens (including phenoxy) is 5. The number of carboxylic acids is 3. The molecule has 0 amide bonds. The van der Waals surface area contributed by atoms with Gasteiger partial charge in [0.2, 0.25) is 0 Å². The van der Waals surface area contributed by atoms with Crippen LogP contribution in [0.1, 0.15) is 40.0 Å². The zero-order valence-corrected chi connectivity index (χ0v) is 28.4. The summed E-state index contributed by atoms with van der Waals surface area (Å²) in [4.78, 5) is 36.9. The number of rotatable bonds is 16. The summed E-state index contributed by atoms with van der Waals surface area (Å²) in [5.41, 5.74) is 0. The van der Waals surface area contributed by atoms with Gasteiger partial charge in [-0.05, 0) is 0 Å². The minimum atomic E-state index is -3.04. The van der Waals surface area contributed by atoms with Gasteiger partial charge >= 0.3 is 17.9 Å². The lowest BCUT2D eigenvalue weighted by molar-refractivity contribution is -0.362. The third kappa shape index (κ3) is 8.67. The van der Waals surface area contributed by atoms with Crippen molar-refractivity contribution >= 4 is 17.9 Å². The molecule has 3 rings (SSSR count). The van der Waals surface area contributed by atoms with Crippen LogP contribution in [0.3, 0.4) is 0 Å². The van der Waals surface area contributed by atoms with Crippen LogP contribution in [0.15, 0.2) is 0 Å². The van der Waals surface area contributed by atoms with Gasteiger partial charge in [-0.3, -0.25) is 0 Å². The number of hydrogen-bond donors (Lipinski definition) is 14. The first-order chi connectivity index (χ1) is 24.0. The molecular formula is C30H50O22. The smallest absolute Gasteiger partial charge is 0.364 e. The lowest BCUT2D eigenvalue weighted by atomic mass is 9.83. The van der Waals surface area contributed by atoms with Crippen LogP contribution in [0.2, 0.25) is 0 Å². The van der Waals surface area contributed by atoms with Gasteiger partial charge in [-0.15, -0.1) is 0 Å². The van der Waals surface area contributed by atoms with Gasteiger partial charge in [-0.25, -0.2) is 14.4 Å². The molecule has 3 saturated heterocycles. The first-order valence-corrected chi connectivity index (χ1v) is 16.5. The van der Waals surface area contributed by atoms with Gasteiger partial charge in [0.05, 0.1) is 56.4 Å². The van der Waals surface area contributed by atoms with E-state index in [1.807, 2.05) is 0 Å². The SMILES string of the molecule is C[C@H]1C(C(O)C(CO)O[C@]2(C(=O)O)C[C@@H](O)[C@@H](C)C(C(O)[C@@H](CO)O[C@]3(C(=O)O)C[C@@H](O)[C@@H](C)C(C(O)[C@H](O)CO)O3)O2)O[C@@](O)(C(=O)O)C[C@H]1O. The molecule has 0 aromatic rings. The van der Waals surface area contributed by atoms with Crippen molar-refractivity contribution in [2.45, 2.75) is 131 Å². The van der Waals surface area contributed by atoms with Gasteiger partial charge in [0.1, 0.15) is 36.6 Å². The van der Waals surface area contributed by atoms with E-state index in [9.17, 15) is 85.9 Å². The number of carboxylic acid groups (broad SMARTS) is 3. The van der Waals surface area contributed by atoms with E-state index in [-0.39, 0.29) is 0 Å². The summed E-state index contributed by atoms with van der Waals surface area (Å²) in [5, 5.41) is 145. The zero-order valence-electron chi connectivity index (χ0n) is 28.4. The topological polar surface area (TPSA) is 381 Å². The molecule has 52 heavy (non-hydrogen) atoms. The molecule has 3 fully saturated rings. The number of aliphatic hydroxyl groups excluding tert-OH is 10. The lowest BCUT2D eigenvalue weighted by Crippen LogP contribution is -2.66. The van der Waals surface area contributed by atoms with Crippen molar-refractivity contribution in [2.24, 2.45) is 17.8 Å². The quantitative estimate of drug-likeness (QED) is 0.0695. The van der Waals surface area contributed by atoms with Gasteiger partial charge in [0.25, 0.3) is 17.4 Å². The Hall–Kier alpha value is -2.23. The molecule has 3 aliphatic rings. The first kappa shape index (κ1) is 44.2. The molecule has 3 heterocycles. The molecule has 0 aliphatic carbocycles. The van der Waals surface area contributed by atoms with Crippen LogP contribution in [0.5, 0.6) is 0 Å². The largest absolute Gasteiger partial charge is 0.477 e. The van der Waals surface area contributed by atoms with Gasteiger partial charge in [0.15, 0.2) is 0 Å². The second kappa shape index (κ2) is 17.1. The Labute approximate surface area is 295 Å². The molecule has 0 saturated carbocycles. The molecule has 14 N–H and O–H groups in total. The van der Waals surface area contributed by atoms with Crippen LogP contribution in [-0.2, 0) is 38.1 Å². The summed E-state index contributed by atoms with van der Waals surface area (Å²) in [5.74, 6) is -18.2. The van der Waals surface area contributed by atoms with E-state index in [0.717, 1.165) is 0 Å². The molecule has 0 spiro atoms. The van der Waals surface area contributed by atoms with Crippen LogP contribution < -0.4 is 0 Å².